The second kappa shape index (κ2) is 11.2. The van der Waals surface area contributed by atoms with Gasteiger partial charge in [-0.05, 0) is 61.1 Å². The summed E-state index contributed by atoms with van der Waals surface area (Å²) < 4.78 is 20.1. The molecule has 1 N–H and O–H groups in total. The van der Waals surface area contributed by atoms with E-state index in [0.29, 0.717) is 28.9 Å². The molecule has 0 fully saturated rings. The number of halogens is 1. The molecule has 1 unspecified atom stereocenters. The molecule has 0 saturated heterocycles. The number of carbonyl (C=O) groups is 2. The van der Waals surface area contributed by atoms with Crippen LogP contribution in [0.5, 0.6) is 5.75 Å². The van der Waals surface area contributed by atoms with E-state index in [1.165, 1.54) is 18.6 Å². The largest absolute Gasteiger partial charge is 0.481 e. The maximum atomic E-state index is 14.6. The number of unbranched alkanes of at least 4 members (excludes halogenated alkanes) is 2. The minimum atomic E-state index is -1.01. The van der Waals surface area contributed by atoms with E-state index in [9.17, 15) is 14.0 Å². The van der Waals surface area contributed by atoms with E-state index < -0.39 is 17.7 Å². The number of carbonyl (C=O) groups excluding carboxylic acids is 1. The van der Waals surface area contributed by atoms with Crippen LogP contribution in [-0.4, -0.2) is 17.0 Å². The van der Waals surface area contributed by atoms with Crippen molar-refractivity contribution >= 4 is 11.9 Å². The lowest BCUT2D eigenvalue weighted by Crippen LogP contribution is -2.08. The quantitative estimate of drug-likeness (QED) is 0.228. The molecule has 1 atom stereocenters. The van der Waals surface area contributed by atoms with Gasteiger partial charge >= 0.3 is 11.9 Å². The first-order valence-corrected chi connectivity index (χ1v) is 10.8. The fraction of sp³-hybridized carbons (Fsp3) is 0.259. The van der Waals surface area contributed by atoms with Crippen LogP contribution in [0.3, 0.4) is 0 Å². The molecule has 32 heavy (non-hydrogen) atoms. The van der Waals surface area contributed by atoms with Crippen molar-refractivity contribution in [2.75, 3.05) is 0 Å². The minimum Gasteiger partial charge on any atom is -0.481 e. The van der Waals surface area contributed by atoms with Gasteiger partial charge in [0.2, 0.25) is 0 Å². The van der Waals surface area contributed by atoms with Gasteiger partial charge in [-0.25, -0.2) is 4.39 Å². The molecule has 3 rings (SSSR count). The molecule has 3 aromatic carbocycles. The summed E-state index contributed by atoms with van der Waals surface area (Å²) >= 11 is 0. The summed E-state index contributed by atoms with van der Waals surface area (Å²) in [4.78, 5) is 23.3. The summed E-state index contributed by atoms with van der Waals surface area (Å²) in [6, 6.07) is 21.3. The van der Waals surface area contributed by atoms with Crippen molar-refractivity contribution < 1.29 is 23.8 Å². The SMILES string of the molecule is CC(C(=O)O)c1ccc(-c2cccc(OC(=O)CCCCCc3ccccc3)c2)c(F)c1. The standard InChI is InChI=1S/C27H27FO4/c1-19(27(30)31)21-15-16-24(25(28)18-21)22-12-8-13-23(17-22)32-26(29)14-7-3-6-11-20-9-4-2-5-10-20/h2,4-5,8-10,12-13,15-19H,3,6-7,11,14H2,1H3,(H,30,31). The number of ether oxygens (including phenoxy) is 1. The maximum Gasteiger partial charge on any atom is 0.311 e. The molecule has 166 valence electrons. The van der Waals surface area contributed by atoms with Crippen LogP contribution in [-0.2, 0) is 16.0 Å². The Morgan fingerprint density at radius 3 is 2.44 bits per heavy atom. The van der Waals surface area contributed by atoms with Crippen molar-refractivity contribution in [1.82, 2.24) is 0 Å². The number of rotatable bonds is 10. The van der Waals surface area contributed by atoms with E-state index in [2.05, 4.69) is 12.1 Å². The van der Waals surface area contributed by atoms with E-state index in [1.807, 2.05) is 18.2 Å². The topological polar surface area (TPSA) is 63.6 Å². The molecule has 5 heteroatoms. The van der Waals surface area contributed by atoms with Gasteiger partial charge in [0.15, 0.2) is 0 Å². The molecule has 0 aliphatic heterocycles. The predicted molar refractivity (Wildman–Crippen MR) is 122 cm³/mol. The number of carboxylic acids is 1. The van der Waals surface area contributed by atoms with E-state index in [1.54, 1.807) is 36.4 Å². The number of hydrogen-bond donors (Lipinski definition) is 1. The van der Waals surface area contributed by atoms with Gasteiger partial charge in [-0.15, -0.1) is 0 Å². The summed E-state index contributed by atoms with van der Waals surface area (Å²) in [7, 11) is 0. The van der Waals surface area contributed by atoms with Crippen LogP contribution in [0.4, 0.5) is 4.39 Å². The molecular formula is C27H27FO4. The van der Waals surface area contributed by atoms with Crippen molar-refractivity contribution in [3.05, 3.63) is 89.7 Å². The lowest BCUT2D eigenvalue weighted by molar-refractivity contribution is -0.138. The third kappa shape index (κ3) is 6.51. The molecule has 0 bridgehead atoms. The molecule has 0 radical (unpaired) electrons. The zero-order valence-electron chi connectivity index (χ0n) is 18.1. The van der Waals surface area contributed by atoms with Crippen LogP contribution in [0.15, 0.2) is 72.8 Å². The minimum absolute atomic E-state index is 0.312. The molecule has 4 nitrogen and oxygen atoms in total. The summed E-state index contributed by atoms with van der Waals surface area (Å²) in [6.07, 6.45) is 4.03. The van der Waals surface area contributed by atoms with Crippen LogP contribution in [0.2, 0.25) is 0 Å². The highest BCUT2D eigenvalue weighted by atomic mass is 19.1. The van der Waals surface area contributed by atoms with E-state index in [0.717, 1.165) is 25.7 Å². The van der Waals surface area contributed by atoms with E-state index in [-0.39, 0.29) is 5.97 Å². The third-order valence-corrected chi connectivity index (χ3v) is 5.43. The van der Waals surface area contributed by atoms with Crippen molar-refractivity contribution in [3.8, 4) is 16.9 Å². The Morgan fingerprint density at radius 1 is 0.938 bits per heavy atom. The molecule has 0 aliphatic rings. The maximum absolute atomic E-state index is 14.6. The van der Waals surface area contributed by atoms with Gasteiger partial charge in [0.05, 0.1) is 5.92 Å². The van der Waals surface area contributed by atoms with Gasteiger partial charge in [-0.2, -0.15) is 0 Å². The van der Waals surface area contributed by atoms with Crippen LogP contribution in [0.1, 0.15) is 49.7 Å². The molecule has 0 saturated carbocycles. The van der Waals surface area contributed by atoms with Gasteiger partial charge in [0, 0.05) is 12.0 Å². The molecule has 3 aromatic rings. The first-order chi connectivity index (χ1) is 15.4. The first-order valence-electron chi connectivity index (χ1n) is 10.8. The predicted octanol–water partition coefficient (Wildman–Crippen LogP) is 6.39. The van der Waals surface area contributed by atoms with Crippen LogP contribution < -0.4 is 4.74 Å². The van der Waals surface area contributed by atoms with Crippen molar-refractivity contribution in [2.24, 2.45) is 0 Å². The fourth-order valence-electron chi connectivity index (χ4n) is 3.51. The van der Waals surface area contributed by atoms with Gasteiger partial charge < -0.3 is 9.84 Å². The fourth-order valence-corrected chi connectivity index (χ4v) is 3.51. The Balaban J connectivity index is 1.53. The average Bonchev–Trinajstić information content (AvgIpc) is 2.79. The van der Waals surface area contributed by atoms with Gasteiger partial charge in [-0.3, -0.25) is 9.59 Å². The van der Waals surface area contributed by atoms with E-state index in [4.69, 9.17) is 9.84 Å². The lowest BCUT2D eigenvalue weighted by Gasteiger charge is -2.11. The number of esters is 1. The normalized spacial score (nSPS) is 11.7. The second-order valence-corrected chi connectivity index (χ2v) is 7.85. The highest BCUT2D eigenvalue weighted by Crippen LogP contribution is 2.29. The molecule has 0 heterocycles. The highest BCUT2D eigenvalue weighted by molar-refractivity contribution is 5.77. The van der Waals surface area contributed by atoms with Crippen LogP contribution in [0, 0.1) is 5.82 Å². The van der Waals surface area contributed by atoms with Crippen molar-refractivity contribution in [2.45, 2.75) is 44.9 Å². The number of carboxylic acid groups (broad SMARTS) is 1. The lowest BCUT2D eigenvalue weighted by atomic mass is 9.97. The average molecular weight is 435 g/mol. The van der Waals surface area contributed by atoms with Crippen molar-refractivity contribution in [1.29, 1.82) is 0 Å². The Kier molecular flexibility index (Phi) is 8.14. The molecular weight excluding hydrogens is 407 g/mol. The Hall–Kier alpha value is -3.47. The third-order valence-electron chi connectivity index (χ3n) is 5.43. The number of benzene rings is 3. The van der Waals surface area contributed by atoms with Crippen molar-refractivity contribution in [3.63, 3.8) is 0 Å². The summed E-state index contributed by atoms with van der Waals surface area (Å²) in [5.41, 5.74) is 2.58. The Morgan fingerprint density at radius 2 is 1.72 bits per heavy atom. The highest BCUT2D eigenvalue weighted by Gasteiger charge is 2.16. The smallest absolute Gasteiger partial charge is 0.311 e. The van der Waals surface area contributed by atoms with Gasteiger partial charge in [0.1, 0.15) is 11.6 Å². The first kappa shape index (κ1) is 23.2. The van der Waals surface area contributed by atoms with Gasteiger partial charge in [-0.1, -0.05) is 61.0 Å². The summed E-state index contributed by atoms with van der Waals surface area (Å²) in [5.74, 6) is -2.27. The van der Waals surface area contributed by atoms with Crippen LogP contribution >= 0.6 is 0 Å². The second-order valence-electron chi connectivity index (χ2n) is 7.85. The summed E-state index contributed by atoms with van der Waals surface area (Å²) in [6.45, 7) is 1.51. The zero-order chi connectivity index (χ0) is 22.9. The number of aliphatic carboxylic acids is 1. The van der Waals surface area contributed by atoms with E-state index >= 15 is 0 Å². The van der Waals surface area contributed by atoms with Gasteiger partial charge in [0.25, 0.3) is 0 Å². The zero-order valence-corrected chi connectivity index (χ0v) is 18.1. The van der Waals surface area contributed by atoms with Crippen LogP contribution in [0.25, 0.3) is 11.1 Å². The summed E-state index contributed by atoms with van der Waals surface area (Å²) in [5, 5.41) is 9.11. The number of aryl methyl sites for hydroxylation is 1. The number of hydrogen-bond acceptors (Lipinski definition) is 3. The molecule has 0 aliphatic carbocycles. The monoisotopic (exact) mass is 434 g/mol. The molecule has 0 amide bonds. The molecule has 0 aromatic heterocycles. The Bertz CT molecular complexity index is 1060. The molecule has 0 spiro atoms. The Labute approximate surface area is 187 Å².